The van der Waals surface area contributed by atoms with Crippen LogP contribution in [0.25, 0.3) is 0 Å². The zero-order valence-electron chi connectivity index (χ0n) is 15.8. The summed E-state index contributed by atoms with van der Waals surface area (Å²) >= 11 is 5.72. The number of amides is 1. The Bertz CT molecular complexity index is 971. The van der Waals surface area contributed by atoms with Crippen LogP contribution in [0.3, 0.4) is 0 Å². The van der Waals surface area contributed by atoms with Crippen LogP contribution in [0.1, 0.15) is 24.5 Å². The first-order chi connectivity index (χ1) is 13.7. The van der Waals surface area contributed by atoms with Crippen LogP contribution in [0.5, 0.6) is 0 Å². The van der Waals surface area contributed by atoms with E-state index in [0.29, 0.717) is 11.5 Å². The Hall–Kier alpha value is -2.98. The first-order valence-electron chi connectivity index (χ1n) is 9.54. The van der Waals surface area contributed by atoms with Gasteiger partial charge in [-0.05, 0) is 60.5 Å². The van der Waals surface area contributed by atoms with Gasteiger partial charge in [-0.25, -0.2) is 0 Å². The van der Waals surface area contributed by atoms with Gasteiger partial charge in [-0.2, -0.15) is 0 Å². The third-order valence-corrected chi connectivity index (χ3v) is 5.46. The lowest BCUT2D eigenvalue weighted by molar-refractivity contribution is -0.117. The maximum atomic E-state index is 13.1. The molecule has 1 aliphatic rings. The van der Waals surface area contributed by atoms with Crippen molar-refractivity contribution in [2.45, 2.75) is 25.8 Å². The number of rotatable bonds is 5. The molecule has 1 atom stereocenters. The predicted octanol–water partition coefficient (Wildman–Crippen LogP) is 5.19. The molecule has 1 unspecified atom stereocenters. The number of carbonyl (C=O) groups excluding carboxylic acids is 1. The fraction of sp³-hybridized carbons (Fsp3) is 0.167. The van der Waals surface area contributed by atoms with Gasteiger partial charge in [-0.15, -0.1) is 0 Å². The van der Waals surface area contributed by atoms with E-state index in [0.717, 1.165) is 17.8 Å². The van der Waals surface area contributed by atoms with E-state index in [1.165, 1.54) is 11.1 Å². The lowest BCUT2D eigenvalue weighted by atomic mass is 10.0. The molecule has 1 amide bonds. The SMILES string of the molecule is CCC1C(=O)N(c2ccc(Cc3ccccc3)cc2)C(=S)N1c1ccccc1. The van der Waals surface area contributed by atoms with Crippen molar-refractivity contribution in [1.29, 1.82) is 0 Å². The minimum Gasteiger partial charge on any atom is -0.306 e. The summed E-state index contributed by atoms with van der Waals surface area (Å²) in [5.41, 5.74) is 4.25. The zero-order valence-corrected chi connectivity index (χ0v) is 16.6. The van der Waals surface area contributed by atoms with Crippen molar-refractivity contribution in [3.05, 3.63) is 96.1 Å². The number of thiocarbonyl (C=S) groups is 1. The average molecular weight is 387 g/mol. The molecular weight excluding hydrogens is 364 g/mol. The predicted molar refractivity (Wildman–Crippen MR) is 119 cm³/mol. The van der Waals surface area contributed by atoms with Crippen LogP contribution in [0.15, 0.2) is 84.9 Å². The molecule has 0 spiro atoms. The van der Waals surface area contributed by atoms with Crippen molar-refractivity contribution in [3.8, 4) is 0 Å². The van der Waals surface area contributed by atoms with Crippen LogP contribution in [0.2, 0.25) is 0 Å². The second-order valence-corrected chi connectivity index (χ2v) is 7.28. The third-order valence-electron chi connectivity index (χ3n) is 5.08. The lowest BCUT2D eigenvalue weighted by Crippen LogP contribution is -2.34. The van der Waals surface area contributed by atoms with Gasteiger partial charge in [0.25, 0.3) is 5.91 Å². The van der Waals surface area contributed by atoms with Crippen LogP contribution < -0.4 is 9.80 Å². The lowest BCUT2D eigenvalue weighted by Gasteiger charge is -2.23. The van der Waals surface area contributed by atoms with Gasteiger partial charge in [0.1, 0.15) is 6.04 Å². The largest absolute Gasteiger partial charge is 0.306 e. The maximum Gasteiger partial charge on any atom is 0.256 e. The first kappa shape index (κ1) is 18.4. The monoisotopic (exact) mass is 386 g/mol. The summed E-state index contributed by atoms with van der Waals surface area (Å²) in [6.07, 6.45) is 1.57. The summed E-state index contributed by atoms with van der Waals surface area (Å²) in [4.78, 5) is 16.7. The molecule has 4 rings (SSSR count). The zero-order chi connectivity index (χ0) is 19.5. The molecule has 0 N–H and O–H groups in total. The molecule has 3 aromatic rings. The van der Waals surface area contributed by atoms with E-state index < -0.39 is 0 Å². The summed E-state index contributed by atoms with van der Waals surface area (Å²) in [5.74, 6) is 0.0344. The molecule has 0 bridgehead atoms. The number of hydrogen-bond donors (Lipinski definition) is 0. The molecule has 0 saturated carbocycles. The van der Waals surface area contributed by atoms with E-state index in [9.17, 15) is 4.79 Å². The van der Waals surface area contributed by atoms with Crippen LogP contribution in [0, 0.1) is 0 Å². The normalized spacial score (nSPS) is 16.7. The summed E-state index contributed by atoms with van der Waals surface area (Å²) in [5, 5.41) is 0.541. The van der Waals surface area contributed by atoms with E-state index in [4.69, 9.17) is 12.2 Å². The van der Waals surface area contributed by atoms with Crippen molar-refractivity contribution in [1.82, 2.24) is 0 Å². The van der Waals surface area contributed by atoms with Gasteiger partial charge in [-0.1, -0.05) is 67.6 Å². The topological polar surface area (TPSA) is 23.6 Å². The fourth-order valence-electron chi connectivity index (χ4n) is 3.66. The Balaban J connectivity index is 1.60. The highest BCUT2D eigenvalue weighted by atomic mass is 32.1. The number of anilines is 2. The number of nitrogens with zero attached hydrogens (tertiary/aromatic N) is 2. The van der Waals surface area contributed by atoms with Crippen LogP contribution in [-0.2, 0) is 11.2 Å². The van der Waals surface area contributed by atoms with Crippen molar-refractivity contribution < 1.29 is 4.79 Å². The van der Waals surface area contributed by atoms with Gasteiger partial charge in [0.05, 0.1) is 5.69 Å². The van der Waals surface area contributed by atoms with E-state index >= 15 is 0 Å². The summed E-state index contributed by atoms with van der Waals surface area (Å²) in [7, 11) is 0. The van der Waals surface area contributed by atoms with Crippen LogP contribution in [-0.4, -0.2) is 17.1 Å². The van der Waals surface area contributed by atoms with Crippen LogP contribution in [0.4, 0.5) is 11.4 Å². The summed E-state index contributed by atoms with van der Waals surface area (Å²) < 4.78 is 0. The fourth-order valence-corrected chi connectivity index (χ4v) is 4.09. The Morgan fingerprint density at radius 1 is 0.786 bits per heavy atom. The molecule has 28 heavy (non-hydrogen) atoms. The van der Waals surface area contributed by atoms with Crippen molar-refractivity contribution in [2.75, 3.05) is 9.80 Å². The Morgan fingerprint density at radius 3 is 1.96 bits per heavy atom. The minimum absolute atomic E-state index is 0.0344. The van der Waals surface area contributed by atoms with E-state index in [1.54, 1.807) is 4.90 Å². The van der Waals surface area contributed by atoms with E-state index in [2.05, 4.69) is 24.3 Å². The summed E-state index contributed by atoms with van der Waals surface area (Å²) in [6, 6.07) is 28.1. The quantitative estimate of drug-likeness (QED) is 0.564. The second kappa shape index (κ2) is 7.95. The molecule has 0 aliphatic carbocycles. The smallest absolute Gasteiger partial charge is 0.256 e. The van der Waals surface area contributed by atoms with Gasteiger partial charge in [0.15, 0.2) is 5.11 Å². The van der Waals surface area contributed by atoms with E-state index in [-0.39, 0.29) is 11.9 Å². The van der Waals surface area contributed by atoms with Crippen LogP contribution >= 0.6 is 12.2 Å². The molecule has 0 radical (unpaired) electrons. The molecule has 1 heterocycles. The van der Waals surface area contributed by atoms with E-state index in [1.807, 2.05) is 72.5 Å². The average Bonchev–Trinajstić information content (AvgIpc) is 2.99. The Labute approximate surface area is 171 Å². The first-order valence-corrected chi connectivity index (χ1v) is 9.95. The Morgan fingerprint density at radius 2 is 1.36 bits per heavy atom. The standard InChI is InChI=1S/C24H22N2OS/c1-2-22-23(27)26(24(28)25(22)20-11-7-4-8-12-20)21-15-13-19(14-16-21)17-18-9-5-3-6-10-18/h3-16,22H,2,17H2,1H3. The second-order valence-electron chi connectivity index (χ2n) is 6.91. The maximum absolute atomic E-state index is 13.1. The number of benzene rings is 3. The highest BCUT2D eigenvalue weighted by Crippen LogP contribution is 2.31. The van der Waals surface area contributed by atoms with Gasteiger partial charge in [-0.3, -0.25) is 9.69 Å². The highest BCUT2D eigenvalue weighted by Gasteiger charge is 2.42. The molecule has 1 saturated heterocycles. The molecule has 140 valence electrons. The van der Waals surface area contributed by atoms with Gasteiger partial charge < -0.3 is 4.90 Å². The third kappa shape index (κ3) is 3.43. The number of hydrogen-bond acceptors (Lipinski definition) is 2. The molecule has 4 heteroatoms. The van der Waals surface area contributed by atoms with Gasteiger partial charge in [0, 0.05) is 5.69 Å². The van der Waals surface area contributed by atoms with Crippen molar-refractivity contribution >= 4 is 34.6 Å². The van der Waals surface area contributed by atoms with Crippen molar-refractivity contribution in [2.24, 2.45) is 0 Å². The Kier molecular flexibility index (Phi) is 5.22. The molecule has 3 nitrogen and oxygen atoms in total. The number of carbonyl (C=O) groups is 1. The molecular formula is C24H22N2OS. The van der Waals surface area contributed by atoms with Gasteiger partial charge >= 0.3 is 0 Å². The molecule has 0 aromatic heterocycles. The van der Waals surface area contributed by atoms with Gasteiger partial charge in [0.2, 0.25) is 0 Å². The highest BCUT2D eigenvalue weighted by molar-refractivity contribution is 7.81. The number of para-hydroxylation sites is 1. The molecule has 1 fully saturated rings. The van der Waals surface area contributed by atoms with Crippen molar-refractivity contribution in [3.63, 3.8) is 0 Å². The summed E-state index contributed by atoms with van der Waals surface area (Å²) in [6.45, 7) is 2.02. The molecule has 1 aliphatic heterocycles. The molecule has 3 aromatic carbocycles. The minimum atomic E-state index is -0.265.